The highest BCUT2D eigenvalue weighted by atomic mass is 15.1. The molecule has 0 unspecified atom stereocenters. The average Bonchev–Trinajstić information content (AvgIpc) is 3.31. The second kappa shape index (κ2) is 7.95. The molecule has 2 aliphatic heterocycles. The van der Waals surface area contributed by atoms with Gasteiger partial charge in [-0.15, -0.1) is 0 Å². The van der Waals surface area contributed by atoms with Crippen molar-refractivity contribution in [2.45, 2.75) is 51.9 Å². The Morgan fingerprint density at radius 3 is 2.39 bits per heavy atom. The molecule has 4 rings (SSSR count). The molecule has 2 aromatic carbocycles. The topological polar surface area (TPSA) is 6.25 Å². The second-order valence-electron chi connectivity index (χ2n) is 8.65. The molecular formula is C26H33N2+. The van der Waals surface area contributed by atoms with Crippen molar-refractivity contribution in [1.82, 2.24) is 0 Å². The van der Waals surface area contributed by atoms with Crippen molar-refractivity contribution in [3.63, 3.8) is 0 Å². The van der Waals surface area contributed by atoms with Crippen molar-refractivity contribution >= 4 is 23.2 Å². The predicted octanol–water partition coefficient (Wildman–Crippen LogP) is 6.18. The fourth-order valence-corrected chi connectivity index (χ4v) is 4.64. The number of rotatable bonds is 6. The van der Waals surface area contributed by atoms with Crippen molar-refractivity contribution in [3.05, 3.63) is 65.7 Å². The number of hydrogen-bond acceptors (Lipinski definition) is 1. The lowest BCUT2D eigenvalue weighted by atomic mass is 9.81. The van der Waals surface area contributed by atoms with Crippen LogP contribution in [-0.4, -0.2) is 29.9 Å². The lowest BCUT2D eigenvalue weighted by Crippen LogP contribution is -2.27. The number of unbranched alkanes of at least 4 members (excludes halogenated alkanes) is 1. The van der Waals surface area contributed by atoms with E-state index in [0.29, 0.717) is 0 Å². The fourth-order valence-electron chi connectivity index (χ4n) is 4.64. The van der Waals surface area contributed by atoms with Crippen molar-refractivity contribution in [3.8, 4) is 0 Å². The molecule has 0 aromatic heterocycles. The van der Waals surface area contributed by atoms with E-state index in [-0.39, 0.29) is 5.41 Å². The standard InChI is InChI=1S/C26H33N2/c1-4-5-20-28-24-11-7-6-10-23(24)26(2,3)25(28)17-14-21-12-15-22(16-13-21)27-18-8-9-19-27/h6-7,10-17H,4-5,8-9,18-20H2,1-3H3/q+1. The molecule has 0 N–H and O–H groups in total. The van der Waals surface area contributed by atoms with Crippen molar-refractivity contribution < 1.29 is 4.58 Å². The molecule has 1 fully saturated rings. The van der Waals surface area contributed by atoms with E-state index >= 15 is 0 Å². The number of para-hydroxylation sites is 1. The van der Waals surface area contributed by atoms with Gasteiger partial charge in [-0.1, -0.05) is 43.7 Å². The van der Waals surface area contributed by atoms with Gasteiger partial charge in [-0.25, -0.2) is 0 Å². The van der Waals surface area contributed by atoms with Crippen LogP contribution in [0.1, 0.15) is 57.6 Å². The Bertz CT molecular complexity index is 881. The van der Waals surface area contributed by atoms with Gasteiger partial charge < -0.3 is 4.90 Å². The van der Waals surface area contributed by atoms with Gasteiger partial charge in [-0.2, -0.15) is 4.58 Å². The maximum Gasteiger partial charge on any atom is 0.209 e. The maximum atomic E-state index is 2.54. The van der Waals surface area contributed by atoms with E-state index in [0.717, 1.165) is 6.54 Å². The van der Waals surface area contributed by atoms with Crippen molar-refractivity contribution in [2.75, 3.05) is 24.5 Å². The van der Waals surface area contributed by atoms with E-state index in [4.69, 9.17) is 0 Å². The van der Waals surface area contributed by atoms with E-state index in [1.807, 2.05) is 0 Å². The van der Waals surface area contributed by atoms with E-state index in [1.165, 1.54) is 67.0 Å². The van der Waals surface area contributed by atoms with Gasteiger partial charge in [0.25, 0.3) is 0 Å². The molecule has 0 atom stereocenters. The van der Waals surface area contributed by atoms with Crippen molar-refractivity contribution in [2.24, 2.45) is 0 Å². The minimum atomic E-state index is 0.0380. The van der Waals surface area contributed by atoms with Gasteiger partial charge in [0, 0.05) is 42.9 Å². The summed E-state index contributed by atoms with van der Waals surface area (Å²) in [6, 6.07) is 18.0. The maximum absolute atomic E-state index is 2.54. The number of fused-ring (bicyclic) bond motifs is 1. The summed E-state index contributed by atoms with van der Waals surface area (Å²) < 4.78 is 2.54. The molecule has 2 heteroatoms. The Morgan fingerprint density at radius 2 is 1.68 bits per heavy atom. The van der Waals surface area contributed by atoms with Crippen LogP contribution in [0.5, 0.6) is 0 Å². The molecule has 0 saturated carbocycles. The van der Waals surface area contributed by atoms with Crippen LogP contribution in [0.3, 0.4) is 0 Å². The monoisotopic (exact) mass is 373 g/mol. The summed E-state index contributed by atoms with van der Waals surface area (Å²) in [5, 5.41) is 0. The van der Waals surface area contributed by atoms with Gasteiger partial charge in [-0.3, -0.25) is 0 Å². The molecule has 0 spiro atoms. The van der Waals surface area contributed by atoms with Crippen LogP contribution in [-0.2, 0) is 5.41 Å². The summed E-state index contributed by atoms with van der Waals surface area (Å²) in [5.74, 6) is 0. The highest BCUT2D eigenvalue weighted by Crippen LogP contribution is 2.40. The summed E-state index contributed by atoms with van der Waals surface area (Å²) in [4.78, 5) is 2.49. The van der Waals surface area contributed by atoms with Gasteiger partial charge in [0.05, 0.1) is 5.41 Å². The smallest absolute Gasteiger partial charge is 0.209 e. The van der Waals surface area contributed by atoms with E-state index < -0.39 is 0 Å². The fraction of sp³-hybridized carbons (Fsp3) is 0.423. The van der Waals surface area contributed by atoms with Crippen molar-refractivity contribution in [1.29, 1.82) is 0 Å². The van der Waals surface area contributed by atoms with E-state index in [1.54, 1.807) is 0 Å². The molecule has 0 aliphatic carbocycles. The summed E-state index contributed by atoms with van der Waals surface area (Å²) in [7, 11) is 0. The zero-order valence-corrected chi connectivity index (χ0v) is 17.6. The SMILES string of the molecule is CCCC[N+]1=C(/C=C/c2ccc(N3CCCC3)cc2)C(C)(C)c2ccccc21. The minimum absolute atomic E-state index is 0.0380. The Morgan fingerprint density at radius 1 is 0.964 bits per heavy atom. The second-order valence-corrected chi connectivity index (χ2v) is 8.65. The van der Waals surface area contributed by atoms with Gasteiger partial charge in [0.15, 0.2) is 5.71 Å². The van der Waals surface area contributed by atoms with Crippen LogP contribution < -0.4 is 4.90 Å². The third kappa shape index (κ3) is 3.53. The molecule has 28 heavy (non-hydrogen) atoms. The Kier molecular flexibility index (Phi) is 5.39. The summed E-state index contributed by atoms with van der Waals surface area (Å²) in [5.41, 5.74) is 6.90. The Labute approximate surface area is 170 Å². The number of hydrogen-bond donors (Lipinski definition) is 0. The lowest BCUT2D eigenvalue weighted by Gasteiger charge is -2.17. The third-order valence-corrected chi connectivity index (χ3v) is 6.33. The number of allylic oxidation sites excluding steroid dienone is 1. The zero-order chi connectivity index (χ0) is 19.6. The first-order chi connectivity index (χ1) is 13.6. The number of nitrogens with zero attached hydrogens (tertiary/aromatic N) is 2. The largest absolute Gasteiger partial charge is 0.372 e. The summed E-state index contributed by atoms with van der Waals surface area (Å²) in [6.45, 7) is 10.5. The first kappa shape index (κ1) is 19.0. The normalized spacial score (nSPS) is 18.3. The zero-order valence-electron chi connectivity index (χ0n) is 17.6. The van der Waals surface area contributed by atoms with Crippen LogP contribution in [0.25, 0.3) is 6.08 Å². The molecule has 1 saturated heterocycles. The van der Waals surface area contributed by atoms with Crippen LogP contribution in [0.4, 0.5) is 11.4 Å². The van der Waals surface area contributed by atoms with Crippen LogP contribution >= 0.6 is 0 Å². The highest BCUT2D eigenvalue weighted by Gasteiger charge is 2.43. The van der Waals surface area contributed by atoms with Gasteiger partial charge in [-0.05, 0) is 50.5 Å². The predicted molar refractivity (Wildman–Crippen MR) is 121 cm³/mol. The Balaban J connectivity index is 1.62. The quantitative estimate of drug-likeness (QED) is 0.548. The summed E-state index contributed by atoms with van der Waals surface area (Å²) >= 11 is 0. The van der Waals surface area contributed by atoms with Crippen LogP contribution in [0.2, 0.25) is 0 Å². The molecular weight excluding hydrogens is 340 g/mol. The van der Waals surface area contributed by atoms with Gasteiger partial charge in [0.1, 0.15) is 6.54 Å². The first-order valence-corrected chi connectivity index (χ1v) is 10.9. The average molecular weight is 374 g/mol. The molecule has 2 heterocycles. The highest BCUT2D eigenvalue weighted by molar-refractivity contribution is 6.05. The van der Waals surface area contributed by atoms with Crippen LogP contribution in [0.15, 0.2) is 54.6 Å². The molecule has 0 amide bonds. The van der Waals surface area contributed by atoms with E-state index in [9.17, 15) is 0 Å². The van der Waals surface area contributed by atoms with Gasteiger partial charge in [0.2, 0.25) is 5.69 Å². The number of benzene rings is 2. The lowest BCUT2D eigenvalue weighted by molar-refractivity contribution is -0.438. The van der Waals surface area contributed by atoms with E-state index in [2.05, 4.69) is 90.9 Å². The Hall–Kier alpha value is -2.35. The molecule has 2 aromatic rings. The number of anilines is 1. The molecule has 0 bridgehead atoms. The summed E-state index contributed by atoms with van der Waals surface area (Å²) in [6.07, 6.45) is 9.71. The molecule has 146 valence electrons. The van der Waals surface area contributed by atoms with Gasteiger partial charge >= 0.3 is 0 Å². The molecule has 0 radical (unpaired) electrons. The third-order valence-electron chi connectivity index (χ3n) is 6.33. The molecule has 2 nitrogen and oxygen atoms in total. The minimum Gasteiger partial charge on any atom is -0.372 e. The molecule has 2 aliphatic rings. The van der Waals surface area contributed by atoms with Crippen LogP contribution in [0, 0.1) is 0 Å². The first-order valence-electron chi connectivity index (χ1n) is 10.9.